The molecule has 3 rings (SSSR count). The van der Waals surface area contributed by atoms with E-state index in [1.165, 1.54) is 0 Å². The van der Waals surface area contributed by atoms with Gasteiger partial charge in [0, 0.05) is 25.0 Å². The first kappa shape index (κ1) is 15.0. The first-order valence-corrected chi connectivity index (χ1v) is 7.43. The van der Waals surface area contributed by atoms with Gasteiger partial charge in [-0.25, -0.2) is 4.98 Å². The van der Waals surface area contributed by atoms with Crippen LogP contribution < -0.4 is 0 Å². The van der Waals surface area contributed by atoms with Crippen LogP contribution in [0.1, 0.15) is 21.7 Å². The van der Waals surface area contributed by atoms with E-state index in [9.17, 15) is 4.79 Å². The molecule has 5 nitrogen and oxygen atoms in total. The summed E-state index contributed by atoms with van der Waals surface area (Å²) < 4.78 is 1.88. The van der Waals surface area contributed by atoms with Gasteiger partial charge in [-0.3, -0.25) is 9.78 Å². The molecule has 0 bridgehead atoms. The molecular formula is C18H18N4O. The highest BCUT2D eigenvalue weighted by atomic mass is 16.2. The molecule has 0 unspecified atom stereocenters. The molecule has 0 radical (unpaired) electrons. The van der Waals surface area contributed by atoms with E-state index in [4.69, 9.17) is 0 Å². The van der Waals surface area contributed by atoms with Gasteiger partial charge in [0.2, 0.25) is 0 Å². The van der Waals surface area contributed by atoms with Crippen LogP contribution >= 0.6 is 0 Å². The van der Waals surface area contributed by atoms with Crippen LogP contribution in [0, 0.1) is 0 Å². The molecule has 3 aromatic rings. The van der Waals surface area contributed by atoms with Crippen molar-refractivity contribution in [2.45, 2.75) is 13.1 Å². The average molecular weight is 306 g/mol. The van der Waals surface area contributed by atoms with E-state index in [1.54, 1.807) is 17.4 Å². The van der Waals surface area contributed by atoms with Crippen molar-refractivity contribution in [2.24, 2.45) is 7.05 Å². The van der Waals surface area contributed by atoms with Gasteiger partial charge in [0.1, 0.15) is 0 Å². The normalized spacial score (nSPS) is 10.5. The Kier molecular flexibility index (Phi) is 4.47. The fourth-order valence-electron chi connectivity index (χ4n) is 2.39. The van der Waals surface area contributed by atoms with Crippen molar-refractivity contribution in [3.63, 3.8) is 0 Å². The minimum absolute atomic E-state index is 0.0260. The number of amides is 1. The van der Waals surface area contributed by atoms with Gasteiger partial charge in [0.05, 0.1) is 30.8 Å². The molecule has 0 saturated heterocycles. The molecule has 23 heavy (non-hydrogen) atoms. The minimum atomic E-state index is -0.0260. The van der Waals surface area contributed by atoms with E-state index in [2.05, 4.69) is 9.97 Å². The smallest absolute Gasteiger partial charge is 0.254 e. The number of hydrogen-bond acceptors (Lipinski definition) is 3. The number of carbonyl (C=O) groups is 1. The predicted molar refractivity (Wildman–Crippen MR) is 87.5 cm³/mol. The van der Waals surface area contributed by atoms with Crippen molar-refractivity contribution in [1.29, 1.82) is 0 Å². The number of nitrogens with zero attached hydrogens (tertiary/aromatic N) is 4. The number of aromatic nitrogens is 3. The molecule has 0 atom stereocenters. The Morgan fingerprint density at radius 1 is 1.00 bits per heavy atom. The van der Waals surface area contributed by atoms with Crippen LogP contribution in [-0.2, 0) is 20.1 Å². The Balaban J connectivity index is 1.84. The quantitative estimate of drug-likeness (QED) is 0.728. The summed E-state index contributed by atoms with van der Waals surface area (Å²) in [5.74, 6) is -0.0260. The summed E-state index contributed by atoms with van der Waals surface area (Å²) in [4.78, 5) is 23.2. The Morgan fingerprint density at radius 2 is 1.74 bits per heavy atom. The van der Waals surface area contributed by atoms with Gasteiger partial charge < -0.3 is 9.47 Å². The van der Waals surface area contributed by atoms with Crippen molar-refractivity contribution < 1.29 is 4.79 Å². The Morgan fingerprint density at radius 3 is 2.39 bits per heavy atom. The average Bonchev–Trinajstić information content (AvgIpc) is 3.00. The summed E-state index contributed by atoms with van der Waals surface area (Å²) in [6, 6.07) is 15.0. The van der Waals surface area contributed by atoms with Crippen LogP contribution in [0.4, 0.5) is 0 Å². The maximum Gasteiger partial charge on any atom is 0.254 e. The van der Waals surface area contributed by atoms with Gasteiger partial charge >= 0.3 is 0 Å². The Labute approximate surface area is 135 Å². The van der Waals surface area contributed by atoms with Gasteiger partial charge in [0.15, 0.2) is 0 Å². The highest BCUT2D eigenvalue weighted by Gasteiger charge is 2.17. The van der Waals surface area contributed by atoms with E-state index < -0.39 is 0 Å². The monoisotopic (exact) mass is 306 g/mol. The fraction of sp³-hybridized carbons (Fsp3) is 0.167. The summed E-state index contributed by atoms with van der Waals surface area (Å²) in [6.07, 6.45) is 5.40. The number of carbonyl (C=O) groups excluding carboxylic acids is 1. The molecule has 1 aromatic carbocycles. The highest BCUT2D eigenvalue weighted by molar-refractivity contribution is 5.94. The molecule has 0 spiro atoms. The molecule has 1 amide bonds. The Bertz CT molecular complexity index is 768. The van der Waals surface area contributed by atoms with E-state index in [0.717, 1.165) is 11.4 Å². The van der Waals surface area contributed by atoms with Gasteiger partial charge in [0.25, 0.3) is 5.91 Å². The summed E-state index contributed by atoms with van der Waals surface area (Å²) in [5, 5.41) is 0. The summed E-state index contributed by atoms with van der Waals surface area (Å²) >= 11 is 0. The third kappa shape index (κ3) is 3.83. The van der Waals surface area contributed by atoms with Crippen molar-refractivity contribution >= 4 is 5.91 Å². The fourth-order valence-corrected chi connectivity index (χ4v) is 2.39. The van der Waals surface area contributed by atoms with E-state index >= 15 is 0 Å². The van der Waals surface area contributed by atoms with E-state index in [1.807, 2.05) is 66.3 Å². The maximum atomic E-state index is 12.8. The second-order valence-corrected chi connectivity index (χ2v) is 5.38. The van der Waals surface area contributed by atoms with Crippen molar-refractivity contribution in [3.05, 3.63) is 84.2 Å². The third-order valence-electron chi connectivity index (χ3n) is 3.50. The van der Waals surface area contributed by atoms with Crippen LogP contribution in [-0.4, -0.2) is 25.3 Å². The molecule has 2 aromatic heterocycles. The first-order chi connectivity index (χ1) is 11.2. The number of pyridine rings is 1. The molecule has 0 aliphatic rings. The highest BCUT2D eigenvalue weighted by Crippen LogP contribution is 2.12. The molecule has 0 fully saturated rings. The zero-order valence-electron chi connectivity index (χ0n) is 13.0. The van der Waals surface area contributed by atoms with Crippen molar-refractivity contribution in [2.75, 3.05) is 0 Å². The number of hydrogen-bond donors (Lipinski definition) is 0. The lowest BCUT2D eigenvalue weighted by Crippen LogP contribution is -2.30. The lowest BCUT2D eigenvalue weighted by atomic mass is 10.2. The molecule has 2 heterocycles. The lowest BCUT2D eigenvalue weighted by Gasteiger charge is -2.21. The maximum absolute atomic E-state index is 12.8. The van der Waals surface area contributed by atoms with Gasteiger partial charge in [-0.05, 0) is 24.3 Å². The molecule has 0 aliphatic heterocycles. The van der Waals surface area contributed by atoms with E-state index in [0.29, 0.717) is 18.7 Å². The standard InChI is InChI=1S/C18H18N4O/c1-21-11-17(20-14-21)13-22(12-16-9-5-6-10-19-16)18(23)15-7-3-2-4-8-15/h2-11,14H,12-13H2,1H3. The van der Waals surface area contributed by atoms with Crippen LogP contribution in [0.3, 0.4) is 0 Å². The molecular weight excluding hydrogens is 288 g/mol. The third-order valence-corrected chi connectivity index (χ3v) is 3.50. The first-order valence-electron chi connectivity index (χ1n) is 7.43. The topological polar surface area (TPSA) is 51.0 Å². The summed E-state index contributed by atoms with van der Waals surface area (Å²) in [7, 11) is 1.92. The van der Waals surface area contributed by atoms with E-state index in [-0.39, 0.29) is 5.91 Å². The minimum Gasteiger partial charge on any atom is -0.340 e. The van der Waals surface area contributed by atoms with Crippen LogP contribution in [0.25, 0.3) is 0 Å². The number of imidazole rings is 1. The molecule has 0 aliphatic carbocycles. The number of rotatable bonds is 5. The molecule has 0 saturated carbocycles. The SMILES string of the molecule is Cn1cnc(CN(Cc2ccccn2)C(=O)c2ccccc2)c1. The van der Waals surface area contributed by atoms with Gasteiger partial charge in [-0.1, -0.05) is 24.3 Å². The number of benzene rings is 1. The second kappa shape index (κ2) is 6.87. The Hall–Kier alpha value is -2.95. The molecule has 5 heteroatoms. The van der Waals surface area contributed by atoms with Crippen LogP contribution in [0.2, 0.25) is 0 Å². The molecule has 116 valence electrons. The molecule has 0 N–H and O–H groups in total. The zero-order chi connectivity index (χ0) is 16.1. The largest absolute Gasteiger partial charge is 0.340 e. The van der Waals surface area contributed by atoms with Crippen molar-refractivity contribution in [1.82, 2.24) is 19.4 Å². The van der Waals surface area contributed by atoms with Gasteiger partial charge in [-0.2, -0.15) is 0 Å². The lowest BCUT2D eigenvalue weighted by molar-refractivity contribution is 0.0726. The van der Waals surface area contributed by atoms with Crippen molar-refractivity contribution in [3.8, 4) is 0 Å². The predicted octanol–water partition coefficient (Wildman–Crippen LogP) is 2.66. The number of aryl methyl sites for hydroxylation is 1. The summed E-state index contributed by atoms with van der Waals surface area (Å²) in [5.41, 5.74) is 2.37. The van der Waals surface area contributed by atoms with Crippen LogP contribution in [0.5, 0.6) is 0 Å². The second-order valence-electron chi connectivity index (χ2n) is 5.38. The summed E-state index contributed by atoms with van der Waals surface area (Å²) in [6.45, 7) is 0.899. The van der Waals surface area contributed by atoms with Gasteiger partial charge in [-0.15, -0.1) is 0 Å². The van der Waals surface area contributed by atoms with Crippen LogP contribution in [0.15, 0.2) is 67.3 Å². The zero-order valence-corrected chi connectivity index (χ0v) is 13.0.